The van der Waals surface area contributed by atoms with Gasteiger partial charge in [-0.15, -0.1) is 23.5 Å². The molecule has 39 heteroatoms. The Morgan fingerprint density at radius 3 is 1.46 bits per heavy atom. The molecule has 5 aromatic carbocycles. The summed E-state index contributed by atoms with van der Waals surface area (Å²) < 4.78 is 0. The zero-order chi connectivity index (χ0) is 96.1. The van der Waals surface area contributed by atoms with Crippen molar-refractivity contribution >= 4 is 157 Å². The first-order chi connectivity index (χ1) is 64.1. The smallest absolute Gasteiger partial charge is 0.305 e. The molecule has 4 aliphatic heterocycles. The Kier molecular flexibility index (Phi) is 35.2. The number of rotatable bonds is 12. The van der Waals surface area contributed by atoms with Gasteiger partial charge < -0.3 is 99.1 Å². The first-order valence-electron chi connectivity index (χ1n) is 45.0. The van der Waals surface area contributed by atoms with Crippen LogP contribution in [0.3, 0.4) is 0 Å². The lowest BCUT2D eigenvalue weighted by atomic mass is 9.85. The van der Waals surface area contributed by atoms with Gasteiger partial charge in [-0.1, -0.05) is 137 Å². The molecule has 6 heterocycles. The number of thioether (sulfide) groups is 3. The number of carboxylic acid groups (broad SMARTS) is 1. The van der Waals surface area contributed by atoms with E-state index >= 15 is 33.6 Å². The van der Waals surface area contributed by atoms with Gasteiger partial charge >= 0.3 is 5.97 Å². The number of Topliss-reactive ketones (excluding diaryl/α,β-unsaturated/α-hetero) is 2. The summed E-state index contributed by atoms with van der Waals surface area (Å²) in [6.45, 7) is 6.87. The Morgan fingerprint density at radius 1 is 0.478 bits per heavy atom. The zero-order valence-corrected chi connectivity index (χ0v) is 77.8. The van der Waals surface area contributed by atoms with Crippen LogP contribution < -0.4 is 59.3 Å². The lowest BCUT2D eigenvalue weighted by Gasteiger charge is -2.32. The molecule has 17 N–H and O–H groups in total. The maximum Gasteiger partial charge on any atom is 0.305 e. The van der Waals surface area contributed by atoms with Gasteiger partial charge in [0.25, 0.3) is 0 Å². The van der Waals surface area contributed by atoms with E-state index in [9.17, 15) is 58.2 Å². The number of amides is 14. The quantitative estimate of drug-likeness (QED) is 0.0836. The Labute approximate surface area is 787 Å². The molecule has 0 radical (unpaired) electrons. The van der Waals surface area contributed by atoms with Crippen LogP contribution in [-0.2, 0) is 134 Å². The number of primary amides is 1. The minimum atomic E-state index is -1.94. The maximum atomic E-state index is 15.7. The summed E-state index contributed by atoms with van der Waals surface area (Å²) >= 11 is 3.00. The Balaban J connectivity index is 0.938. The standard InChI is InChI=1S/C95H117N17O19S3/c1-52(2)83-94(130)103-71(36-82(120)121)89(125)100-39-78(116)101-69(32-62-37-98-67-24-8-6-22-65(62)67)90(126)107-84(53(3)4)95(131)112-28-14-26-74(112)93(129)104-72(86(97)122)47-133-50-80(118)110-42-57-17-10-15-55(29-57)40-109-41-56-16-11-19-59(30-56)44-111(45-60-20-12-18-58(31-60)43-110)81(119)51-134-48-73(92(128)102-70(91(127)106-83)33-63-38-99-68-25-9-7-23-66(63)68)105-87(123)61-21-13-27-75(113)85(77(115)34-61)108-88(124)64(35-76(114)54(5)96)46-132-49-79(109)117/h6-12,15-20,22-25,29-31,37-38,52-54,61,64,69-75,83-85,98-99,113H,13-14,21,26-28,32-36,39-51,96H2,1-5H3,(H2,97,122)(H,100,125)(H,101,116)(H,102,128)(H,103,130)(H,104,129)(H,105,123)(H,106,127)(H,107,126)(H,108,124)(H,120,121)/t54-,61+,64-,69-,70-,71-,72-,73-,74-,75+,83-,84-,85-/m0/s1. The number of hydrogen-bond acceptors (Lipinski definition) is 22. The first kappa shape index (κ1) is 101. The van der Waals surface area contributed by atoms with Crippen LogP contribution in [0.15, 0.2) is 134 Å². The van der Waals surface area contributed by atoms with Crippen molar-refractivity contribution in [2.75, 3.05) is 47.6 Å². The number of ketones is 2. The van der Waals surface area contributed by atoms with Crippen LogP contribution in [0.4, 0.5) is 0 Å². The van der Waals surface area contributed by atoms with Crippen molar-refractivity contribution in [3.63, 3.8) is 0 Å². The topological polar surface area (TPSA) is 535 Å². The molecule has 2 aromatic heterocycles. The Hall–Kier alpha value is -12.5. The number of hydrogen-bond donors (Lipinski definition) is 15. The molecular formula is C95H117N17O19S3. The molecule has 1 saturated carbocycles. The molecule has 7 aromatic rings. The molecule has 1 aliphatic carbocycles. The van der Waals surface area contributed by atoms with Gasteiger partial charge in [-0.3, -0.25) is 81.5 Å². The number of aromatic nitrogens is 2. The van der Waals surface area contributed by atoms with Crippen molar-refractivity contribution in [2.45, 2.75) is 205 Å². The molecule has 714 valence electrons. The van der Waals surface area contributed by atoms with Crippen molar-refractivity contribution < 1.29 is 91.7 Å². The highest BCUT2D eigenvalue weighted by molar-refractivity contribution is 8.00. The fourth-order valence-electron chi connectivity index (χ4n) is 17.2. The predicted octanol–water partition coefficient (Wildman–Crippen LogP) is 2.56. The third-order valence-electron chi connectivity index (χ3n) is 24.6. The van der Waals surface area contributed by atoms with E-state index in [4.69, 9.17) is 11.5 Å². The molecule has 134 heavy (non-hydrogen) atoms. The Morgan fingerprint density at radius 2 is 0.963 bits per heavy atom. The molecule has 5 aliphatic rings. The van der Waals surface area contributed by atoms with Crippen molar-refractivity contribution in [1.82, 2.24) is 77.4 Å². The number of benzene rings is 5. The summed E-state index contributed by atoms with van der Waals surface area (Å²) in [6.07, 6.45) is -0.385. The second kappa shape index (κ2) is 47.0. The van der Waals surface area contributed by atoms with Crippen LogP contribution in [0.2, 0.25) is 0 Å². The largest absolute Gasteiger partial charge is 0.481 e. The molecular weight excluding hydrogens is 1780 g/mol. The number of nitrogens with one attached hydrogen (secondary N) is 11. The average Bonchev–Trinajstić information content (AvgIpc) is 1.60. The second-order valence-corrected chi connectivity index (χ2v) is 38.7. The van der Waals surface area contributed by atoms with E-state index < -0.39 is 216 Å². The number of para-hydroxylation sites is 2. The van der Waals surface area contributed by atoms with Crippen LogP contribution in [0.5, 0.6) is 0 Å². The molecule has 0 unspecified atom stereocenters. The molecule has 0 spiro atoms. The summed E-state index contributed by atoms with van der Waals surface area (Å²) in [5, 5.41) is 47.3. The number of aliphatic carboxylic acids is 1. The average molecular weight is 1900 g/mol. The van der Waals surface area contributed by atoms with E-state index in [1.807, 2.05) is 54.6 Å². The molecule has 12 bridgehead atoms. The normalized spacial score (nSPS) is 24.8. The van der Waals surface area contributed by atoms with Gasteiger partial charge in [0.1, 0.15) is 60.2 Å². The molecule has 12 rings (SSSR count). The van der Waals surface area contributed by atoms with Crippen LogP contribution in [0, 0.1) is 23.7 Å². The minimum absolute atomic E-state index is 0.00252. The van der Waals surface area contributed by atoms with Gasteiger partial charge in [0.05, 0.1) is 48.3 Å². The zero-order valence-electron chi connectivity index (χ0n) is 75.3. The molecule has 14 amide bonds. The lowest BCUT2D eigenvalue weighted by Crippen LogP contribution is -2.61. The van der Waals surface area contributed by atoms with Crippen LogP contribution >= 0.6 is 35.3 Å². The third-order valence-corrected chi connectivity index (χ3v) is 27.7. The van der Waals surface area contributed by atoms with E-state index in [1.165, 1.54) is 25.7 Å². The summed E-state index contributed by atoms with van der Waals surface area (Å²) in [4.78, 5) is 262. The van der Waals surface area contributed by atoms with Crippen LogP contribution in [0.25, 0.3) is 21.8 Å². The van der Waals surface area contributed by atoms with Gasteiger partial charge in [0, 0.05) is 129 Å². The van der Waals surface area contributed by atoms with Gasteiger partial charge in [-0.25, -0.2) is 0 Å². The number of carbonyl (C=O) groups excluding carboxylic acids is 16. The number of aromatic amines is 2. The van der Waals surface area contributed by atoms with Crippen LogP contribution in [0.1, 0.15) is 130 Å². The first-order valence-corrected chi connectivity index (χ1v) is 48.5. The highest BCUT2D eigenvalue weighted by Gasteiger charge is 2.44. The van der Waals surface area contributed by atoms with Crippen molar-refractivity contribution in [3.05, 3.63) is 178 Å². The fourth-order valence-corrected chi connectivity index (χ4v) is 20.2. The fraction of sp³-hybridized carbons (Fsp3) is 0.463. The number of aliphatic hydroxyl groups is 1. The van der Waals surface area contributed by atoms with Crippen molar-refractivity contribution in [2.24, 2.45) is 35.1 Å². The van der Waals surface area contributed by atoms with E-state index in [2.05, 4.69) is 57.8 Å². The molecule has 36 nitrogen and oxygen atoms in total. The van der Waals surface area contributed by atoms with E-state index in [0.717, 1.165) is 35.3 Å². The van der Waals surface area contributed by atoms with Crippen LogP contribution in [-0.4, -0.2) is 254 Å². The van der Waals surface area contributed by atoms with Crippen molar-refractivity contribution in [1.29, 1.82) is 0 Å². The minimum Gasteiger partial charge on any atom is -0.481 e. The lowest BCUT2D eigenvalue weighted by molar-refractivity contribution is -0.143. The van der Waals surface area contributed by atoms with Crippen molar-refractivity contribution in [3.8, 4) is 0 Å². The van der Waals surface area contributed by atoms with E-state index in [0.29, 0.717) is 72.7 Å². The van der Waals surface area contributed by atoms with Gasteiger partial charge in [0.15, 0.2) is 5.78 Å². The molecule has 13 atom stereocenters. The van der Waals surface area contributed by atoms with Gasteiger partial charge in [-0.2, -0.15) is 11.8 Å². The SMILES string of the molecule is CC(C)[C@@H]1NC(=O)[C@H](Cc2c[nH]c3ccccc23)NC(=O)[C@@H]2CSCC(=O)N3Cc4cccc(c4)CN(Cc4cccc(c4)CN(Cc4cccc(c4)C3)C(=O)CSC[C@@H](C(N)=O)NC(=O)[C@@H]3CCCN3C(=O)[C@H](C(C)C)NC(=O)[C@H](Cc3c[nH]c4ccccc34)NC(=O)CNC(=O)[C@H](CC(=O)O)NC1=O)C(=O)CSC[C@H](CC(=O)[C@H](C)N)C(=O)N[C@@H]1C(=O)C[C@@H](CCC[C@H]1O)C(=O)N2. The van der Waals surface area contributed by atoms with Gasteiger partial charge in [0.2, 0.25) is 82.7 Å². The van der Waals surface area contributed by atoms with E-state index in [-0.39, 0.29) is 119 Å². The monoisotopic (exact) mass is 1900 g/mol. The highest BCUT2D eigenvalue weighted by Crippen LogP contribution is 2.30. The number of carboxylic acids is 1. The number of carbonyl (C=O) groups is 17. The number of nitrogens with zero attached hydrogens (tertiary/aromatic N) is 4. The maximum absolute atomic E-state index is 15.7. The highest BCUT2D eigenvalue weighted by atomic mass is 32.2. The predicted molar refractivity (Wildman–Crippen MR) is 502 cm³/mol. The molecule has 1 saturated heterocycles. The number of aliphatic hydroxyl groups excluding tert-OH is 1. The van der Waals surface area contributed by atoms with Gasteiger partial charge in [-0.05, 0) is 108 Å². The Bertz CT molecular complexity index is 5550. The summed E-state index contributed by atoms with van der Waals surface area (Å²) in [5.41, 5.74) is 18.3. The summed E-state index contributed by atoms with van der Waals surface area (Å²) in [7, 11) is 0. The number of H-pyrrole nitrogens is 2. The second-order valence-electron chi connectivity index (χ2n) is 35.6. The summed E-state index contributed by atoms with van der Waals surface area (Å²) in [5.74, 6) is -19.9. The third kappa shape index (κ3) is 27.2. The number of fused-ring (bicyclic) bond motifs is 14. The van der Waals surface area contributed by atoms with E-state index in [1.54, 1.807) is 108 Å². The number of nitrogens with two attached hydrogens (primary N) is 2. The molecule has 2 fully saturated rings. The summed E-state index contributed by atoms with van der Waals surface area (Å²) in [6, 6.07) is 21.1.